The summed E-state index contributed by atoms with van der Waals surface area (Å²) in [7, 11) is 6.72. The van der Waals surface area contributed by atoms with Crippen LogP contribution in [0.2, 0.25) is 0 Å². The van der Waals surface area contributed by atoms with Gasteiger partial charge >= 0.3 is 0 Å². The van der Waals surface area contributed by atoms with Gasteiger partial charge in [0, 0.05) is 58.1 Å². The summed E-state index contributed by atoms with van der Waals surface area (Å²) >= 11 is 1.87. The number of aromatic nitrogens is 1. The predicted molar refractivity (Wildman–Crippen MR) is 130 cm³/mol. The first-order chi connectivity index (χ1) is 16.1. The standard InChI is InChI=1S/C27H29NO4S/c1-29-25(30-2)15-11-20(12-16-25)27(21-13-17-26(31-3,32-4)18-14-21)24-10-7-19-28(24)22-8-5-6-9-23(22)33-27/h5-15,17,19H,16,18H2,1-4H3. The van der Waals surface area contributed by atoms with E-state index >= 15 is 0 Å². The Morgan fingerprint density at radius 2 is 1.33 bits per heavy atom. The number of benzene rings is 1. The average Bonchev–Trinajstić information content (AvgIpc) is 3.39. The van der Waals surface area contributed by atoms with Gasteiger partial charge in [-0.1, -0.05) is 36.4 Å². The third kappa shape index (κ3) is 3.40. The summed E-state index contributed by atoms with van der Waals surface area (Å²) in [5.41, 5.74) is 4.81. The van der Waals surface area contributed by atoms with Crippen LogP contribution in [-0.2, 0) is 23.7 Å². The molecule has 0 amide bonds. The molecule has 0 N–H and O–H groups in total. The largest absolute Gasteiger partial charge is 0.349 e. The van der Waals surface area contributed by atoms with Gasteiger partial charge in [-0.3, -0.25) is 0 Å². The van der Waals surface area contributed by atoms with Crippen molar-refractivity contribution >= 4 is 11.8 Å². The van der Waals surface area contributed by atoms with Crippen molar-refractivity contribution in [3.8, 4) is 5.69 Å². The number of fused-ring (bicyclic) bond motifs is 3. The van der Waals surface area contributed by atoms with Crippen LogP contribution in [0.15, 0.2) is 95.1 Å². The van der Waals surface area contributed by atoms with Crippen molar-refractivity contribution in [3.05, 3.63) is 95.9 Å². The van der Waals surface area contributed by atoms with Crippen LogP contribution in [0.1, 0.15) is 18.5 Å². The van der Waals surface area contributed by atoms with Crippen LogP contribution in [-0.4, -0.2) is 44.6 Å². The van der Waals surface area contributed by atoms with Gasteiger partial charge in [0.25, 0.3) is 0 Å². The van der Waals surface area contributed by atoms with Crippen LogP contribution in [0.25, 0.3) is 5.69 Å². The molecular formula is C27H29NO4S. The van der Waals surface area contributed by atoms with E-state index in [-0.39, 0.29) is 0 Å². The second-order valence-electron chi connectivity index (χ2n) is 8.35. The van der Waals surface area contributed by atoms with Crippen molar-refractivity contribution in [1.82, 2.24) is 4.57 Å². The SMILES string of the molecule is COC1(OC)C=CC(C2(C3=CCC(OC)(OC)C=C3)Sc3ccccc3-n3cccc32)=CC1. The number of para-hydroxylation sites is 1. The Morgan fingerprint density at radius 1 is 0.758 bits per heavy atom. The van der Waals surface area contributed by atoms with Gasteiger partial charge in [-0.25, -0.2) is 0 Å². The summed E-state index contributed by atoms with van der Waals surface area (Å²) in [5.74, 6) is -1.47. The quantitative estimate of drug-likeness (QED) is 0.527. The smallest absolute Gasteiger partial charge is 0.190 e. The Morgan fingerprint density at radius 3 is 1.85 bits per heavy atom. The molecule has 33 heavy (non-hydrogen) atoms. The highest BCUT2D eigenvalue weighted by Crippen LogP contribution is 2.59. The van der Waals surface area contributed by atoms with Crippen molar-refractivity contribution in [2.24, 2.45) is 0 Å². The molecule has 2 heterocycles. The van der Waals surface area contributed by atoms with Crippen LogP contribution >= 0.6 is 11.8 Å². The molecule has 1 aromatic carbocycles. The number of ether oxygens (including phenoxy) is 4. The van der Waals surface area contributed by atoms with E-state index in [1.54, 1.807) is 28.4 Å². The lowest BCUT2D eigenvalue weighted by molar-refractivity contribution is -0.168. The highest BCUT2D eigenvalue weighted by molar-refractivity contribution is 8.00. The van der Waals surface area contributed by atoms with Crippen LogP contribution in [0, 0.1) is 0 Å². The van der Waals surface area contributed by atoms with Crippen LogP contribution < -0.4 is 0 Å². The molecule has 0 radical (unpaired) electrons. The second kappa shape index (κ2) is 8.46. The molecule has 1 aromatic heterocycles. The number of methoxy groups -OCH3 is 4. The topological polar surface area (TPSA) is 41.9 Å². The summed E-state index contributed by atoms with van der Waals surface area (Å²) in [4.78, 5) is 1.23. The zero-order valence-corrected chi connectivity index (χ0v) is 20.2. The van der Waals surface area contributed by atoms with E-state index in [1.807, 2.05) is 23.9 Å². The molecule has 0 saturated heterocycles. The van der Waals surface area contributed by atoms with Crippen molar-refractivity contribution < 1.29 is 18.9 Å². The minimum Gasteiger partial charge on any atom is -0.349 e. The lowest BCUT2D eigenvalue weighted by Gasteiger charge is -2.44. The number of allylic oxidation sites excluding steroid dienone is 2. The molecular weight excluding hydrogens is 434 g/mol. The van der Waals surface area contributed by atoms with Crippen LogP contribution in [0.3, 0.4) is 0 Å². The van der Waals surface area contributed by atoms with Gasteiger partial charge in [0.15, 0.2) is 11.6 Å². The summed E-state index contributed by atoms with van der Waals surface area (Å²) in [6, 6.07) is 12.9. The van der Waals surface area contributed by atoms with Gasteiger partial charge in [0.2, 0.25) is 0 Å². The Balaban J connectivity index is 1.68. The fourth-order valence-corrected chi connectivity index (χ4v) is 6.48. The van der Waals surface area contributed by atoms with Gasteiger partial charge in [-0.2, -0.15) is 0 Å². The Kier molecular flexibility index (Phi) is 5.75. The average molecular weight is 464 g/mol. The first kappa shape index (κ1) is 22.4. The molecule has 1 aliphatic heterocycles. The van der Waals surface area contributed by atoms with E-state index < -0.39 is 16.3 Å². The molecule has 0 fully saturated rings. The highest BCUT2D eigenvalue weighted by atomic mass is 32.2. The van der Waals surface area contributed by atoms with E-state index in [9.17, 15) is 0 Å². The maximum atomic E-state index is 5.68. The van der Waals surface area contributed by atoms with E-state index in [1.165, 1.54) is 27.4 Å². The van der Waals surface area contributed by atoms with Crippen molar-refractivity contribution in [3.63, 3.8) is 0 Å². The lowest BCUT2D eigenvalue weighted by Crippen LogP contribution is -2.38. The number of rotatable bonds is 6. The number of thioether (sulfide) groups is 1. The summed E-state index contributed by atoms with van der Waals surface area (Å²) in [6.45, 7) is 0. The zero-order valence-electron chi connectivity index (χ0n) is 19.4. The predicted octanol–water partition coefficient (Wildman–Crippen LogP) is 5.53. The molecule has 0 saturated carbocycles. The zero-order chi connectivity index (χ0) is 23.1. The molecule has 0 atom stereocenters. The molecule has 0 unspecified atom stereocenters. The van der Waals surface area contributed by atoms with Crippen LogP contribution in [0.5, 0.6) is 0 Å². The molecule has 3 aliphatic rings. The molecule has 2 aromatic rings. The van der Waals surface area contributed by atoms with Gasteiger partial charge in [0.1, 0.15) is 4.75 Å². The molecule has 0 bridgehead atoms. The summed E-state index contributed by atoms with van der Waals surface area (Å²) in [6.07, 6.45) is 16.3. The molecule has 6 heteroatoms. The third-order valence-electron chi connectivity index (χ3n) is 6.94. The van der Waals surface area contributed by atoms with Gasteiger partial charge in [-0.05, 0) is 47.6 Å². The van der Waals surface area contributed by atoms with E-state index in [2.05, 4.69) is 71.5 Å². The fraction of sp³-hybridized carbons (Fsp3) is 0.333. The number of nitrogens with zero attached hydrogens (tertiary/aromatic N) is 1. The van der Waals surface area contributed by atoms with Crippen molar-refractivity contribution in [2.75, 3.05) is 28.4 Å². The van der Waals surface area contributed by atoms with Gasteiger partial charge < -0.3 is 23.5 Å². The summed E-state index contributed by atoms with van der Waals surface area (Å²) < 4.78 is 24.6. The summed E-state index contributed by atoms with van der Waals surface area (Å²) in [5, 5.41) is 0. The molecule has 5 nitrogen and oxygen atoms in total. The molecule has 172 valence electrons. The highest BCUT2D eigenvalue weighted by Gasteiger charge is 2.47. The van der Waals surface area contributed by atoms with E-state index in [4.69, 9.17) is 18.9 Å². The molecule has 5 rings (SSSR count). The van der Waals surface area contributed by atoms with E-state index in [0.29, 0.717) is 12.8 Å². The van der Waals surface area contributed by atoms with Crippen molar-refractivity contribution in [2.45, 2.75) is 34.1 Å². The van der Waals surface area contributed by atoms with Crippen LogP contribution in [0.4, 0.5) is 0 Å². The van der Waals surface area contributed by atoms with E-state index in [0.717, 1.165) is 0 Å². The Bertz CT molecular complexity index is 1120. The number of hydrogen-bond donors (Lipinski definition) is 0. The minimum absolute atomic E-state index is 0.438. The first-order valence-corrected chi connectivity index (χ1v) is 11.8. The molecule has 0 spiro atoms. The second-order valence-corrected chi connectivity index (χ2v) is 9.60. The Labute approximate surface area is 199 Å². The lowest BCUT2D eigenvalue weighted by atomic mass is 9.80. The Hall–Kier alpha value is -2.35. The monoisotopic (exact) mass is 463 g/mol. The maximum Gasteiger partial charge on any atom is 0.190 e. The minimum atomic E-state index is -0.734. The van der Waals surface area contributed by atoms with Gasteiger partial charge in [-0.15, -0.1) is 11.8 Å². The van der Waals surface area contributed by atoms with Gasteiger partial charge in [0.05, 0.1) is 5.69 Å². The normalized spacial score (nSPS) is 21.7. The van der Waals surface area contributed by atoms with Crippen molar-refractivity contribution in [1.29, 1.82) is 0 Å². The first-order valence-electron chi connectivity index (χ1n) is 11.0. The maximum absolute atomic E-state index is 5.68. The third-order valence-corrected chi connectivity index (χ3v) is 8.49. The fourth-order valence-electron chi connectivity index (χ4n) is 4.92. The number of hydrogen-bond acceptors (Lipinski definition) is 5. The molecule has 2 aliphatic carbocycles.